The Balaban J connectivity index is 2.07. The highest BCUT2D eigenvalue weighted by molar-refractivity contribution is 5.69. The summed E-state index contributed by atoms with van der Waals surface area (Å²) in [6, 6.07) is 0.0276. The number of imidazole rings is 1. The molecular weight excluding hydrogens is 218 g/mol. The van der Waals surface area contributed by atoms with Crippen molar-refractivity contribution in [1.82, 2.24) is 14.9 Å². The van der Waals surface area contributed by atoms with Crippen LogP contribution in [-0.4, -0.2) is 33.1 Å². The number of amides is 1. The van der Waals surface area contributed by atoms with E-state index in [1.165, 1.54) is 0 Å². The molecule has 17 heavy (non-hydrogen) atoms. The third-order valence-electron chi connectivity index (χ3n) is 2.72. The minimum Gasteiger partial charge on any atom is -0.444 e. The number of aromatic amines is 1. The predicted molar refractivity (Wildman–Crippen MR) is 63.5 cm³/mol. The van der Waals surface area contributed by atoms with Gasteiger partial charge in [0.05, 0.1) is 6.04 Å². The highest BCUT2D eigenvalue weighted by Crippen LogP contribution is 2.30. The maximum Gasteiger partial charge on any atom is 0.410 e. The van der Waals surface area contributed by atoms with Crippen LogP contribution in [-0.2, 0) is 4.74 Å². The highest BCUT2D eigenvalue weighted by Gasteiger charge is 2.34. The van der Waals surface area contributed by atoms with Crippen molar-refractivity contribution in [1.29, 1.82) is 0 Å². The number of nitrogens with one attached hydrogen (secondary N) is 1. The first kappa shape index (κ1) is 12.0. The van der Waals surface area contributed by atoms with Gasteiger partial charge in [-0.3, -0.25) is 4.90 Å². The van der Waals surface area contributed by atoms with Gasteiger partial charge >= 0.3 is 6.09 Å². The van der Waals surface area contributed by atoms with E-state index in [1.807, 2.05) is 20.8 Å². The minimum atomic E-state index is -0.451. The first-order valence-corrected chi connectivity index (χ1v) is 5.96. The van der Waals surface area contributed by atoms with E-state index in [0.717, 1.165) is 25.2 Å². The van der Waals surface area contributed by atoms with Gasteiger partial charge in [0.25, 0.3) is 0 Å². The molecule has 94 valence electrons. The van der Waals surface area contributed by atoms with Crippen LogP contribution >= 0.6 is 0 Å². The van der Waals surface area contributed by atoms with E-state index in [4.69, 9.17) is 4.74 Å². The van der Waals surface area contributed by atoms with Gasteiger partial charge in [0.2, 0.25) is 0 Å². The van der Waals surface area contributed by atoms with Crippen LogP contribution in [0.5, 0.6) is 0 Å². The van der Waals surface area contributed by atoms with E-state index in [9.17, 15) is 4.79 Å². The van der Waals surface area contributed by atoms with Gasteiger partial charge in [-0.1, -0.05) is 0 Å². The quantitative estimate of drug-likeness (QED) is 0.816. The molecule has 1 fully saturated rings. The van der Waals surface area contributed by atoms with Gasteiger partial charge in [0.15, 0.2) is 0 Å². The maximum absolute atomic E-state index is 12.0. The predicted octanol–water partition coefficient (Wildman–Crippen LogP) is 2.48. The molecule has 0 radical (unpaired) electrons. The summed E-state index contributed by atoms with van der Waals surface area (Å²) >= 11 is 0. The van der Waals surface area contributed by atoms with E-state index in [0.29, 0.717) is 0 Å². The molecule has 1 aromatic heterocycles. The van der Waals surface area contributed by atoms with Crippen LogP contribution in [0.3, 0.4) is 0 Å². The van der Waals surface area contributed by atoms with Gasteiger partial charge < -0.3 is 9.72 Å². The monoisotopic (exact) mass is 237 g/mol. The summed E-state index contributed by atoms with van der Waals surface area (Å²) in [4.78, 5) is 21.1. The van der Waals surface area contributed by atoms with Crippen LogP contribution < -0.4 is 0 Å². The summed E-state index contributed by atoms with van der Waals surface area (Å²) in [7, 11) is 0. The Hall–Kier alpha value is -1.52. The lowest BCUT2D eigenvalue weighted by Gasteiger charge is -2.27. The molecule has 0 aromatic carbocycles. The molecule has 0 unspecified atom stereocenters. The molecule has 0 saturated carbocycles. The van der Waals surface area contributed by atoms with Gasteiger partial charge in [0, 0.05) is 18.9 Å². The Bertz CT molecular complexity index is 381. The zero-order valence-corrected chi connectivity index (χ0v) is 10.6. The number of carbonyl (C=O) groups excluding carboxylic acids is 1. The second-order valence-corrected chi connectivity index (χ2v) is 5.31. The van der Waals surface area contributed by atoms with Crippen molar-refractivity contribution in [2.24, 2.45) is 0 Å². The number of nitrogens with zero attached hydrogens (tertiary/aromatic N) is 2. The highest BCUT2D eigenvalue weighted by atomic mass is 16.6. The second kappa shape index (κ2) is 4.39. The number of ether oxygens (including phenoxy) is 1. The molecule has 1 atom stereocenters. The van der Waals surface area contributed by atoms with Crippen LogP contribution in [0.15, 0.2) is 12.4 Å². The summed E-state index contributed by atoms with van der Waals surface area (Å²) < 4.78 is 5.40. The number of hydrogen-bond acceptors (Lipinski definition) is 3. The largest absolute Gasteiger partial charge is 0.444 e. The molecule has 1 N–H and O–H groups in total. The fraction of sp³-hybridized carbons (Fsp3) is 0.667. The average molecular weight is 237 g/mol. The van der Waals surface area contributed by atoms with Crippen molar-refractivity contribution in [3.8, 4) is 0 Å². The summed E-state index contributed by atoms with van der Waals surface area (Å²) in [6.07, 6.45) is 5.16. The molecule has 0 aliphatic carbocycles. The lowest BCUT2D eigenvalue weighted by Crippen LogP contribution is -2.36. The van der Waals surface area contributed by atoms with Gasteiger partial charge in [0.1, 0.15) is 11.4 Å². The van der Waals surface area contributed by atoms with E-state index in [-0.39, 0.29) is 12.1 Å². The molecule has 1 aromatic rings. The fourth-order valence-corrected chi connectivity index (χ4v) is 2.05. The van der Waals surface area contributed by atoms with Crippen LogP contribution in [0.2, 0.25) is 0 Å². The van der Waals surface area contributed by atoms with Crippen molar-refractivity contribution in [2.75, 3.05) is 6.54 Å². The lowest BCUT2D eigenvalue weighted by molar-refractivity contribution is 0.0219. The molecule has 5 nitrogen and oxygen atoms in total. The Morgan fingerprint density at radius 1 is 1.59 bits per heavy atom. The second-order valence-electron chi connectivity index (χ2n) is 5.31. The fourth-order valence-electron chi connectivity index (χ4n) is 2.05. The minimum absolute atomic E-state index is 0.0276. The maximum atomic E-state index is 12.0. The summed E-state index contributed by atoms with van der Waals surface area (Å²) in [5.74, 6) is 0.841. The number of H-pyrrole nitrogens is 1. The van der Waals surface area contributed by atoms with Gasteiger partial charge in [-0.25, -0.2) is 9.78 Å². The number of hydrogen-bond donors (Lipinski definition) is 1. The average Bonchev–Trinajstić information content (AvgIpc) is 2.85. The van der Waals surface area contributed by atoms with E-state index in [2.05, 4.69) is 9.97 Å². The van der Waals surface area contributed by atoms with Crippen LogP contribution in [0.25, 0.3) is 0 Å². The molecule has 1 aliphatic heterocycles. The summed E-state index contributed by atoms with van der Waals surface area (Å²) in [5.41, 5.74) is -0.451. The Morgan fingerprint density at radius 2 is 2.35 bits per heavy atom. The summed E-state index contributed by atoms with van der Waals surface area (Å²) in [6.45, 7) is 6.37. The Labute approximate surface area is 101 Å². The van der Waals surface area contributed by atoms with Crippen LogP contribution in [0.1, 0.15) is 45.5 Å². The molecule has 1 amide bonds. The van der Waals surface area contributed by atoms with Crippen LogP contribution in [0, 0.1) is 0 Å². The van der Waals surface area contributed by atoms with Gasteiger partial charge in [-0.05, 0) is 33.6 Å². The smallest absolute Gasteiger partial charge is 0.410 e. The molecule has 5 heteroatoms. The number of likely N-dealkylation sites (tertiary alicyclic amines) is 1. The normalized spacial score (nSPS) is 20.6. The molecule has 1 saturated heterocycles. The Morgan fingerprint density at radius 3 is 2.94 bits per heavy atom. The first-order valence-electron chi connectivity index (χ1n) is 5.96. The molecule has 0 spiro atoms. The summed E-state index contributed by atoms with van der Waals surface area (Å²) in [5, 5.41) is 0. The number of rotatable bonds is 1. The van der Waals surface area contributed by atoms with Gasteiger partial charge in [-0.15, -0.1) is 0 Å². The zero-order chi connectivity index (χ0) is 12.5. The van der Waals surface area contributed by atoms with Crippen molar-refractivity contribution in [3.05, 3.63) is 18.2 Å². The zero-order valence-electron chi connectivity index (χ0n) is 10.6. The number of aromatic nitrogens is 2. The third kappa shape index (κ3) is 2.78. The van der Waals surface area contributed by atoms with Crippen molar-refractivity contribution >= 4 is 6.09 Å². The molecule has 2 heterocycles. The third-order valence-corrected chi connectivity index (χ3v) is 2.72. The SMILES string of the molecule is CC(C)(C)OC(=O)N1CCC[C@H]1c1ncc[nH]1. The van der Waals surface area contributed by atoms with E-state index in [1.54, 1.807) is 17.3 Å². The van der Waals surface area contributed by atoms with E-state index >= 15 is 0 Å². The first-order chi connectivity index (χ1) is 7.97. The molecule has 1 aliphatic rings. The molecule has 2 rings (SSSR count). The standard InChI is InChI=1S/C12H19N3O2/c1-12(2,3)17-11(16)15-8-4-5-9(15)10-13-6-7-14-10/h6-7,9H,4-5,8H2,1-3H3,(H,13,14)/t9-/m0/s1. The molecular formula is C12H19N3O2. The van der Waals surface area contributed by atoms with Crippen molar-refractivity contribution in [2.45, 2.75) is 45.3 Å². The van der Waals surface area contributed by atoms with Crippen LogP contribution in [0.4, 0.5) is 4.79 Å². The van der Waals surface area contributed by atoms with Gasteiger partial charge in [-0.2, -0.15) is 0 Å². The van der Waals surface area contributed by atoms with E-state index < -0.39 is 5.60 Å². The topological polar surface area (TPSA) is 58.2 Å². The van der Waals surface area contributed by atoms with Crippen molar-refractivity contribution < 1.29 is 9.53 Å². The van der Waals surface area contributed by atoms with Crippen molar-refractivity contribution in [3.63, 3.8) is 0 Å². The number of carbonyl (C=O) groups is 1. The molecule has 0 bridgehead atoms. The Kier molecular flexibility index (Phi) is 3.09. The lowest BCUT2D eigenvalue weighted by atomic mass is 10.2.